The topological polar surface area (TPSA) is 58.4 Å². The Labute approximate surface area is 127 Å². The van der Waals surface area contributed by atoms with Crippen LogP contribution < -0.4 is 11.1 Å². The first-order chi connectivity index (χ1) is 10.2. The van der Waals surface area contributed by atoms with Crippen LogP contribution in [-0.2, 0) is 11.3 Å². The number of amides is 1. The summed E-state index contributed by atoms with van der Waals surface area (Å²) in [6.45, 7) is 5.74. The molecule has 0 aliphatic heterocycles. The quantitative estimate of drug-likeness (QED) is 0.773. The molecule has 0 radical (unpaired) electrons. The van der Waals surface area contributed by atoms with E-state index in [0.29, 0.717) is 12.6 Å². The van der Waals surface area contributed by atoms with E-state index in [1.807, 2.05) is 31.2 Å². The Morgan fingerprint density at radius 3 is 2.57 bits per heavy atom. The Hall–Kier alpha value is -1.39. The summed E-state index contributed by atoms with van der Waals surface area (Å²) in [6.07, 6.45) is 4.77. The van der Waals surface area contributed by atoms with Crippen molar-refractivity contribution in [3.8, 4) is 0 Å². The molecule has 1 amide bonds. The van der Waals surface area contributed by atoms with Gasteiger partial charge in [0.2, 0.25) is 5.91 Å². The zero-order chi connectivity index (χ0) is 15.2. The van der Waals surface area contributed by atoms with Crippen LogP contribution >= 0.6 is 0 Å². The van der Waals surface area contributed by atoms with Crippen LogP contribution in [-0.4, -0.2) is 29.4 Å². The maximum absolute atomic E-state index is 12.4. The Morgan fingerprint density at radius 1 is 1.38 bits per heavy atom. The molecular formula is C17H27N3O. The third-order valence-electron chi connectivity index (χ3n) is 4.12. The molecule has 21 heavy (non-hydrogen) atoms. The molecule has 0 bridgehead atoms. The summed E-state index contributed by atoms with van der Waals surface area (Å²) in [7, 11) is 0. The molecule has 1 aromatic rings. The second kappa shape index (κ2) is 7.57. The third kappa shape index (κ3) is 4.55. The van der Waals surface area contributed by atoms with Crippen molar-refractivity contribution in [3.05, 3.63) is 29.8 Å². The molecule has 2 rings (SSSR count). The summed E-state index contributed by atoms with van der Waals surface area (Å²) >= 11 is 0. The van der Waals surface area contributed by atoms with Crippen LogP contribution in [0, 0.1) is 0 Å². The Morgan fingerprint density at radius 2 is 2.05 bits per heavy atom. The van der Waals surface area contributed by atoms with Gasteiger partial charge < -0.3 is 11.1 Å². The normalized spacial score (nSPS) is 16.0. The molecule has 0 saturated heterocycles. The lowest BCUT2D eigenvalue weighted by atomic mass is 10.2. The summed E-state index contributed by atoms with van der Waals surface area (Å²) in [5.41, 5.74) is 7.50. The number of hydrogen-bond donors (Lipinski definition) is 2. The van der Waals surface area contributed by atoms with Crippen molar-refractivity contribution in [2.24, 2.45) is 5.73 Å². The van der Waals surface area contributed by atoms with Crippen LogP contribution in [0.25, 0.3) is 0 Å². The highest BCUT2D eigenvalue weighted by Crippen LogP contribution is 2.29. The average molecular weight is 289 g/mol. The van der Waals surface area contributed by atoms with Crippen molar-refractivity contribution in [1.82, 2.24) is 4.90 Å². The fourth-order valence-corrected chi connectivity index (χ4v) is 2.56. The molecule has 0 aromatic heterocycles. The summed E-state index contributed by atoms with van der Waals surface area (Å²) < 4.78 is 0. The van der Waals surface area contributed by atoms with Gasteiger partial charge in [0.15, 0.2) is 0 Å². The van der Waals surface area contributed by atoms with Crippen molar-refractivity contribution in [3.63, 3.8) is 0 Å². The first-order valence-electron chi connectivity index (χ1n) is 8.01. The van der Waals surface area contributed by atoms with Crippen LogP contribution in [0.4, 0.5) is 5.69 Å². The number of hydrogen-bond acceptors (Lipinski definition) is 3. The van der Waals surface area contributed by atoms with Gasteiger partial charge in [-0.25, -0.2) is 0 Å². The molecule has 4 heteroatoms. The molecule has 0 heterocycles. The Balaban J connectivity index is 1.93. The van der Waals surface area contributed by atoms with Crippen molar-refractivity contribution in [1.29, 1.82) is 0 Å². The highest BCUT2D eigenvalue weighted by Gasteiger charge is 2.34. The molecule has 0 spiro atoms. The van der Waals surface area contributed by atoms with Gasteiger partial charge in [-0.2, -0.15) is 0 Å². The standard InChI is InChI=1S/C17H27N3O/c1-3-4-11-20(16-9-10-16)13(2)17(21)19-15-7-5-14(12-18)6-8-15/h5-8,13,16H,3-4,9-12,18H2,1-2H3,(H,19,21). The minimum absolute atomic E-state index is 0.0711. The minimum Gasteiger partial charge on any atom is -0.326 e. The second-order valence-corrected chi connectivity index (χ2v) is 5.89. The zero-order valence-electron chi connectivity index (χ0n) is 13.1. The predicted molar refractivity (Wildman–Crippen MR) is 87.1 cm³/mol. The van der Waals surface area contributed by atoms with Gasteiger partial charge in [-0.05, 0) is 50.4 Å². The summed E-state index contributed by atoms with van der Waals surface area (Å²) in [4.78, 5) is 14.8. The maximum Gasteiger partial charge on any atom is 0.241 e. The highest BCUT2D eigenvalue weighted by molar-refractivity contribution is 5.94. The number of benzene rings is 1. The second-order valence-electron chi connectivity index (χ2n) is 5.89. The van der Waals surface area contributed by atoms with E-state index in [-0.39, 0.29) is 11.9 Å². The molecule has 4 nitrogen and oxygen atoms in total. The van der Waals surface area contributed by atoms with Crippen LogP contribution in [0.3, 0.4) is 0 Å². The number of carbonyl (C=O) groups excluding carboxylic acids is 1. The van der Waals surface area contributed by atoms with Crippen molar-refractivity contribution < 1.29 is 4.79 Å². The van der Waals surface area contributed by atoms with Crippen molar-refractivity contribution in [2.45, 2.75) is 58.2 Å². The Kier molecular flexibility index (Phi) is 5.76. The molecular weight excluding hydrogens is 262 g/mol. The number of rotatable bonds is 8. The lowest BCUT2D eigenvalue weighted by molar-refractivity contribution is -0.121. The maximum atomic E-state index is 12.4. The molecule has 1 aliphatic carbocycles. The molecule has 1 aromatic carbocycles. The average Bonchev–Trinajstić information content (AvgIpc) is 3.33. The van der Waals surface area contributed by atoms with Gasteiger partial charge in [0.05, 0.1) is 6.04 Å². The monoisotopic (exact) mass is 289 g/mol. The fraction of sp³-hybridized carbons (Fsp3) is 0.588. The van der Waals surface area contributed by atoms with Gasteiger partial charge in [-0.15, -0.1) is 0 Å². The molecule has 1 unspecified atom stereocenters. The van der Waals surface area contributed by atoms with E-state index in [2.05, 4.69) is 17.1 Å². The molecule has 1 fully saturated rings. The van der Waals surface area contributed by atoms with E-state index in [0.717, 1.165) is 30.6 Å². The van der Waals surface area contributed by atoms with E-state index >= 15 is 0 Å². The zero-order valence-corrected chi connectivity index (χ0v) is 13.1. The summed E-state index contributed by atoms with van der Waals surface area (Å²) in [5, 5.41) is 3.01. The lowest BCUT2D eigenvalue weighted by Crippen LogP contribution is -2.43. The number of anilines is 1. The molecule has 3 N–H and O–H groups in total. The predicted octanol–water partition coefficient (Wildman–Crippen LogP) is 2.74. The minimum atomic E-state index is -0.0711. The van der Waals surface area contributed by atoms with E-state index in [9.17, 15) is 4.79 Å². The van der Waals surface area contributed by atoms with E-state index < -0.39 is 0 Å². The van der Waals surface area contributed by atoms with Gasteiger partial charge in [0, 0.05) is 18.3 Å². The molecule has 116 valence electrons. The molecule has 1 saturated carbocycles. The highest BCUT2D eigenvalue weighted by atomic mass is 16.2. The first kappa shape index (κ1) is 16.0. The molecule has 1 atom stereocenters. The van der Waals surface area contributed by atoms with Gasteiger partial charge >= 0.3 is 0 Å². The smallest absolute Gasteiger partial charge is 0.241 e. The van der Waals surface area contributed by atoms with Gasteiger partial charge in [-0.3, -0.25) is 9.69 Å². The van der Waals surface area contributed by atoms with Gasteiger partial charge in [-0.1, -0.05) is 25.5 Å². The SMILES string of the molecule is CCCCN(C1CC1)C(C)C(=O)Nc1ccc(CN)cc1. The number of nitrogens with one attached hydrogen (secondary N) is 1. The van der Waals surface area contributed by atoms with Gasteiger partial charge in [0.25, 0.3) is 0 Å². The third-order valence-corrected chi connectivity index (χ3v) is 4.12. The van der Waals surface area contributed by atoms with Crippen molar-refractivity contribution in [2.75, 3.05) is 11.9 Å². The first-order valence-corrected chi connectivity index (χ1v) is 8.01. The van der Waals surface area contributed by atoms with Gasteiger partial charge in [0.1, 0.15) is 0 Å². The van der Waals surface area contributed by atoms with E-state index in [1.165, 1.54) is 12.8 Å². The number of unbranched alkanes of at least 4 members (excludes halogenated alkanes) is 1. The van der Waals surface area contributed by atoms with Crippen LogP contribution in [0.2, 0.25) is 0 Å². The summed E-state index contributed by atoms with van der Waals surface area (Å²) in [6, 6.07) is 8.28. The largest absolute Gasteiger partial charge is 0.326 e. The lowest BCUT2D eigenvalue weighted by Gasteiger charge is -2.28. The van der Waals surface area contributed by atoms with E-state index in [4.69, 9.17) is 5.73 Å². The molecule has 1 aliphatic rings. The van der Waals surface area contributed by atoms with Crippen molar-refractivity contribution >= 4 is 11.6 Å². The van der Waals surface area contributed by atoms with Crippen LogP contribution in [0.15, 0.2) is 24.3 Å². The van der Waals surface area contributed by atoms with Crippen LogP contribution in [0.5, 0.6) is 0 Å². The van der Waals surface area contributed by atoms with Crippen LogP contribution in [0.1, 0.15) is 45.1 Å². The number of nitrogens with two attached hydrogens (primary N) is 1. The fourth-order valence-electron chi connectivity index (χ4n) is 2.56. The number of nitrogens with zero attached hydrogens (tertiary/aromatic N) is 1. The Bertz CT molecular complexity index is 454. The number of carbonyl (C=O) groups is 1. The van der Waals surface area contributed by atoms with E-state index in [1.54, 1.807) is 0 Å². The summed E-state index contributed by atoms with van der Waals surface area (Å²) in [5.74, 6) is 0.0819.